The van der Waals surface area contributed by atoms with Crippen LogP contribution < -0.4 is 0 Å². The molecule has 0 fully saturated rings. The number of hydrogen-bond acceptors (Lipinski definition) is 3. The van der Waals surface area contributed by atoms with Crippen molar-refractivity contribution in [2.24, 2.45) is 0 Å². The number of pyridine rings is 1. The fraction of sp³-hybridized carbons (Fsp3) is 0. The van der Waals surface area contributed by atoms with E-state index in [0.29, 0.717) is 0 Å². The maximum absolute atomic E-state index is 4.23. The Balaban J connectivity index is 2.55. The minimum absolute atomic E-state index is 1.03. The first-order valence-electron chi connectivity index (χ1n) is 3.36. The number of thiazole rings is 1. The third-order valence-corrected chi connectivity index (χ3v) is 2.93. The zero-order valence-electron chi connectivity index (χ0n) is 6.07. The van der Waals surface area contributed by atoms with Crippen molar-refractivity contribution < 1.29 is 0 Å². The Labute approximate surface area is 87.8 Å². The van der Waals surface area contributed by atoms with Gasteiger partial charge in [-0.05, 0) is 28.7 Å². The van der Waals surface area contributed by atoms with Gasteiger partial charge in [-0.25, -0.2) is 4.98 Å². The summed E-state index contributed by atoms with van der Waals surface area (Å²) in [5.74, 6) is 0. The molecule has 60 valence electrons. The molecule has 0 radical (unpaired) electrons. The third kappa shape index (κ3) is 1.49. The molecule has 0 aromatic carbocycles. The van der Waals surface area contributed by atoms with Crippen molar-refractivity contribution in [3.05, 3.63) is 32.9 Å². The first-order chi connectivity index (χ1) is 5.88. The predicted molar refractivity (Wildman–Crippen MR) is 58.1 cm³/mol. The Morgan fingerprint density at radius 2 is 2.33 bits per heavy atom. The van der Waals surface area contributed by atoms with Gasteiger partial charge < -0.3 is 0 Å². The fourth-order valence-corrected chi connectivity index (χ4v) is 2.10. The van der Waals surface area contributed by atoms with Crippen LogP contribution in [0, 0.1) is 3.57 Å². The maximum atomic E-state index is 4.23. The summed E-state index contributed by atoms with van der Waals surface area (Å²) in [5.41, 5.74) is 4.03. The second-order valence-corrected chi connectivity index (χ2v) is 4.11. The number of hydrogen-bond donors (Lipinski definition) is 0. The Morgan fingerprint density at radius 1 is 1.42 bits per heavy atom. The van der Waals surface area contributed by atoms with E-state index in [1.165, 1.54) is 0 Å². The van der Waals surface area contributed by atoms with Gasteiger partial charge in [-0.3, -0.25) is 4.98 Å². The first kappa shape index (κ1) is 8.12. The highest BCUT2D eigenvalue weighted by atomic mass is 127. The van der Waals surface area contributed by atoms with Gasteiger partial charge >= 0.3 is 0 Å². The lowest BCUT2D eigenvalue weighted by molar-refractivity contribution is 1.29. The maximum Gasteiger partial charge on any atom is 0.0822 e. The summed E-state index contributed by atoms with van der Waals surface area (Å²) in [6.07, 6.45) is 3.63. The molecule has 0 N–H and O–H groups in total. The van der Waals surface area contributed by atoms with Crippen LogP contribution in [0.5, 0.6) is 0 Å². The second-order valence-electron chi connectivity index (χ2n) is 2.23. The molecule has 0 saturated heterocycles. The molecule has 12 heavy (non-hydrogen) atoms. The standard InChI is InChI=1S/C8H5IN2S/c9-7-3-10-2-1-6(7)8-4-12-5-11-8/h1-5H. The molecule has 0 aliphatic carbocycles. The lowest BCUT2D eigenvalue weighted by Gasteiger charge is -1.97. The quantitative estimate of drug-likeness (QED) is 0.754. The van der Waals surface area contributed by atoms with E-state index in [-0.39, 0.29) is 0 Å². The molecule has 2 aromatic heterocycles. The van der Waals surface area contributed by atoms with Crippen molar-refractivity contribution in [3.63, 3.8) is 0 Å². The van der Waals surface area contributed by atoms with Gasteiger partial charge in [-0.1, -0.05) is 0 Å². The molecule has 0 atom stereocenters. The molecule has 0 aliphatic rings. The van der Waals surface area contributed by atoms with E-state index in [4.69, 9.17) is 0 Å². The molecule has 4 heteroatoms. The van der Waals surface area contributed by atoms with Gasteiger partial charge in [0.15, 0.2) is 0 Å². The van der Waals surface area contributed by atoms with E-state index in [1.54, 1.807) is 17.5 Å². The molecule has 0 unspecified atom stereocenters. The second kappa shape index (κ2) is 3.49. The van der Waals surface area contributed by atoms with Gasteiger partial charge in [0.2, 0.25) is 0 Å². The van der Waals surface area contributed by atoms with Gasteiger partial charge in [0.25, 0.3) is 0 Å². The molecule has 2 aromatic rings. The molecule has 2 heterocycles. The molecular formula is C8H5IN2S. The molecule has 0 aliphatic heterocycles. The fourth-order valence-electron chi connectivity index (χ4n) is 0.928. The van der Waals surface area contributed by atoms with Crippen LogP contribution in [0.3, 0.4) is 0 Å². The van der Waals surface area contributed by atoms with Gasteiger partial charge in [-0.2, -0.15) is 0 Å². The van der Waals surface area contributed by atoms with Crippen LogP contribution in [0.25, 0.3) is 11.3 Å². The highest BCUT2D eigenvalue weighted by Crippen LogP contribution is 2.23. The van der Waals surface area contributed by atoms with Crippen LogP contribution in [-0.4, -0.2) is 9.97 Å². The summed E-state index contributed by atoms with van der Waals surface area (Å²) in [5, 5.41) is 2.04. The zero-order valence-corrected chi connectivity index (χ0v) is 9.04. The highest BCUT2D eigenvalue weighted by molar-refractivity contribution is 14.1. The van der Waals surface area contributed by atoms with E-state index >= 15 is 0 Å². The van der Waals surface area contributed by atoms with Crippen LogP contribution in [0.2, 0.25) is 0 Å². The Kier molecular flexibility index (Phi) is 2.36. The smallest absolute Gasteiger partial charge is 0.0822 e. The molecule has 0 saturated carbocycles. The van der Waals surface area contributed by atoms with Crippen LogP contribution in [-0.2, 0) is 0 Å². The summed E-state index contributed by atoms with van der Waals surface area (Å²) in [6, 6.07) is 1.98. The zero-order chi connectivity index (χ0) is 8.39. The Bertz CT molecular complexity index is 372. The summed E-state index contributed by atoms with van der Waals surface area (Å²) in [7, 11) is 0. The van der Waals surface area contributed by atoms with E-state index in [9.17, 15) is 0 Å². The van der Waals surface area contributed by atoms with Gasteiger partial charge in [-0.15, -0.1) is 11.3 Å². The van der Waals surface area contributed by atoms with Crippen LogP contribution in [0.4, 0.5) is 0 Å². The van der Waals surface area contributed by atoms with E-state index < -0.39 is 0 Å². The highest BCUT2D eigenvalue weighted by Gasteiger charge is 2.02. The van der Waals surface area contributed by atoms with Crippen LogP contribution in [0.15, 0.2) is 29.4 Å². The molecule has 0 bridgehead atoms. The largest absolute Gasteiger partial charge is 0.264 e. The SMILES string of the molecule is Ic1cnccc1-c1cscn1. The third-order valence-electron chi connectivity index (χ3n) is 1.48. The lowest BCUT2D eigenvalue weighted by atomic mass is 10.2. The molecule has 2 nitrogen and oxygen atoms in total. The summed E-state index contributed by atoms with van der Waals surface area (Å²) in [6.45, 7) is 0. The lowest BCUT2D eigenvalue weighted by Crippen LogP contribution is -1.83. The summed E-state index contributed by atoms with van der Waals surface area (Å²) >= 11 is 3.87. The first-order valence-corrected chi connectivity index (χ1v) is 5.38. The van der Waals surface area contributed by atoms with Crippen molar-refractivity contribution >= 4 is 33.9 Å². The monoisotopic (exact) mass is 288 g/mol. The average molecular weight is 288 g/mol. The van der Waals surface area contributed by atoms with E-state index in [0.717, 1.165) is 14.8 Å². The van der Waals surface area contributed by atoms with Gasteiger partial charge in [0.05, 0.1) is 11.2 Å². The predicted octanol–water partition coefficient (Wildman–Crippen LogP) is 2.81. The topological polar surface area (TPSA) is 25.8 Å². The normalized spacial score (nSPS) is 10.1. The van der Waals surface area contributed by atoms with Crippen molar-refractivity contribution in [2.45, 2.75) is 0 Å². The van der Waals surface area contributed by atoms with Gasteiger partial charge in [0.1, 0.15) is 0 Å². The minimum Gasteiger partial charge on any atom is -0.264 e. The van der Waals surface area contributed by atoms with Crippen molar-refractivity contribution in [1.82, 2.24) is 9.97 Å². The molecule has 0 amide bonds. The summed E-state index contributed by atoms with van der Waals surface area (Å²) in [4.78, 5) is 8.26. The van der Waals surface area contributed by atoms with Crippen molar-refractivity contribution in [1.29, 1.82) is 0 Å². The van der Waals surface area contributed by atoms with Gasteiger partial charge in [0, 0.05) is 26.9 Å². The molecule has 2 rings (SSSR count). The number of rotatable bonds is 1. The van der Waals surface area contributed by atoms with E-state index in [2.05, 4.69) is 32.6 Å². The van der Waals surface area contributed by atoms with Crippen LogP contribution in [0.1, 0.15) is 0 Å². The minimum atomic E-state index is 1.03. The summed E-state index contributed by atoms with van der Waals surface area (Å²) < 4.78 is 1.14. The number of halogens is 1. The van der Waals surface area contributed by atoms with E-state index in [1.807, 2.05) is 23.2 Å². The number of aromatic nitrogens is 2. The van der Waals surface area contributed by atoms with Crippen LogP contribution >= 0.6 is 33.9 Å². The molecular weight excluding hydrogens is 283 g/mol. The average Bonchev–Trinajstić information content (AvgIpc) is 2.57. The Hall–Kier alpha value is -0.490. The Morgan fingerprint density at radius 3 is 3.00 bits per heavy atom. The van der Waals surface area contributed by atoms with Crippen molar-refractivity contribution in [3.8, 4) is 11.3 Å². The molecule has 0 spiro atoms. The number of nitrogens with zero attached hydrogens (tertiary/aromatic N) is 2. The van der Waals surface area contributed by atoms with Crippen molar-refractivity contribution in [2.75, 3.05) is 0 Å².